The van der Waals surface area contributed by atoms with E-state index in [1.807, 2.05) is 0 Å². The normalized spacial score (nSPS) is 38.7. The van der Waals surface area contributed by atoms with Gasteiger partial charge in [0.1, 0.15) is 0 Å². The highest BCUT2D eigenvalue weighted by Crippen LogP contribution is 2.55. The van der Waals surface area contributed by atoms with Gasteiger partial charge in [0.15, 0.2) is 0 Å². The number of rotatable bonds is 2. The monoisotopic (exact) mass is 267 g/mol. The molecule has 0 aromatic rings. The summed E-state index contributed by atoms with van der Waals surface area (Å²) in [7, 11) is 0. The van der Waals surface area contributed by atoms with E-state index >= 15 is 0 Å². The standard InChI is InChI=1S/C17H33NO/c1-14-12-15(2,3)10-11-17(14,19)16(13-18)8-6-4-5-7-9-16/h14,19H,4-13,18H2,1-3H3. The smallest absolute Gasteiger partial charge is 0.0741 e. The van der Waals surface area contributed by atoms with Crippen LogP contribution in [0, 0.1) is 16.7 Å². The van der Waals surface area contributed by atoms with Crippen molar-refractivity contribution >= 4 is 0 Å². The van der Waals surface area contributed by atoms with Gasteiger partial charge in [-0.15, -0.1) is 0 Å². The largest absolute Gasteiger partial charge is 0.389 e. The minimum absolute atomic E-state index is 0.0145. The number of hydrogen-bond donors (Lipinski definition) is 2. The molecule has 2 atom stereocenters. The second-order valence-electron chi connectivity index (χ2n) is 8.09. The van der Waals surface area contributed by atoms with Gasteiger partial charge in [0.25, 0.3) is 0 Å². The molecular weight excluding hydrogens is 234 g/mol. The van der Waals surface area contributed by atoms with Crippen molar-refractivity contribution in [2.45, 2.75) is 84.2 Å². The van der Waals surface area contributed by atoms with Crippen LogP contribution in [-0.4, -0.2) is 17.3 Å². The molecular formula is C17H33NO. The fourth-order valence-electron chi connectivity index (χ4n) is 4.88. The van der Waals surface area contributed by atoms with Gasteiger partial charge in [-0.05, 0) is 43.4 Å². The number of hydrogen-bond acceptors (Lipinski definition) is 2. The first-order valence-electron chi connectivity index (χ1n) is 8.28. The molecule has 0 aromatic heterocycles. The molecule has 112 valence electrons. The van der Waals surface area contributed by atoms with E-state index in [0.29, 0.717) is 17.9 Å². The van der Waals surface area contributed by atoms with Crippen molar-refractivity contribution in [1.82, 2.24) is 0 Å². The lowest BCUT2D eigenvalue weighted by Gasteiger charge is -2.55. The Labute approximate surface area is 119 Å². The maximum absolute atomic E-state index is 11.5. The predicted octanol–water partition coefficient (Wildman–Crippen LogP) is 3.86. The van der Waals surface area contributed by atoms with E-state index in [1.54, 1.807) is 0 Å². The summed E-state index contributed by atoms with van der Waals surface area (Å²) in [4.78, 5) is 0. The summed E-state index contributed by atoms with van der Waals surface area (Å²) in [5, 5.41) is 11.5. The van der Waals surface area contributed by atoms with E-state index in [4.69, 9.17) is 5.73 Å². The van der Waals surface area contributed by atoms with Crippen LogP contribution in [0.3, 0.4) is 0 Å². The van der Waals surface area contributed by atoms with Crippen LogP contribution in [0.15, 0.2) is 0 Å². The van der Waals surface area contributed by atoms with Crippen LogP contribution in [0.4, 0.5) is 0 Å². The van der Waals surface area contributed by atoms with E-state index in [0.717, 1.165) is 32.1 Å². The fourth-order valence-corrected chi connectivity index (χ4v) is 4.88. The molecule has 0 heterocycles. The molecule has 2 rings (SSSR count). The zero-order valence-electron chi connectivity index (χ0n) is 13.2. The third-order valence-corrected chi connectivity index (χ3v) is 6.23. The summed E-state index contributed by atoms with van der Waals surface area (Å²) in [6, 6.07) is 0. The highest BCUT2D eigenvalue weighted by molar-refractivity contribution is 5.06. The molecule has 19 heavy (non-hydrogen) atoms. The number of nitrogens with two attached hydrogens (primary N) is 1. The van der Waals surface area contributed by atoms with Gasteiger partial charge in [0.2, 0.25) is 0 Å². The number of aliphatic hydroxyl groups is 1. The van der Waals surface area contributed by atoms with Crippen molar-refractivity contribution in [2.24, 2.45) is 22.5 Å². The Morgan fingerprint density at radius 3 is 2.05 bits per heavy atom. The van der Waals surface area contributed by atoms with Gasteiger partial charge in [-0.1, -0.05) is 46.5 Å². The molecule has 0 saturated heterocycles. The van der Waals surface area contributed by atoms with Crippen LogP contribution in [0.1, 0.15) is 78.6 Å². The second-order valence-corrected chi connectivity index (χ2v) is 8.09. The van der Waals surface area contributed by atoms with E-state index in [1.165, 1.54) is 25.7 Å². The minimum atomic E-state index is -0.526. The predicted molar refractivity (Wildman–Crippen MR) is 80.9 cm³/mol. The maximum Gasteiger partial charge on any atom is 0.0741 e. The highest BCUT2D eigenvalue weighted by atomic mass is 16.3. The Balaban J connectivity index is 2.25. The zero-order chi connectivity index (χ0) is 14.1. The molecule has 0 aromatic carbocycles. The maximum atomic E-state index is 11.5. The SMILES string of the molecule is CC1CC(C)(C)CCC1(O)C1(CN)CCCCCC1. The Hall–Kier alpha value is -0.0800. The average Bonchev–Trinajstić information content (AvgIpc) is 2.60. The van der Waals surface area contributed by atoms with Crippen molar-refractivity contribution in [3.05, 3.63) is 0 Å². The van der Waals surface area contributed by atoms with E-state index in [9.17, 15) is 5.11 Å². The lowest BCUT2D eigenvalue weighted by atomic mass is 9.54. The van der Waals surface area contributed by atoms with Crippen LogP contribution in [0.25, 0.3) is 0 Å². The van der Waals surface area contributed by atoms with Gasteiger partial charge in [-0.2, -0.15) is 0 Å². The van der Waals surface area contributed by atoms with Crippen molar-refractivity contribution in [3.8, 4) is 0 Å². The average molecular weight is 267 g/mol. The molecule has 2 aliphatic rings. The summed E-state index contributed by atoms with van der Waals surface area (Å²) in [5.74, 6) is 0.373. The Morgan fingerprint density at radius 2 is 1.58 bits per heavy atom. The van der Waals surface area contributed by atoms with Gasteiger partial charge < -0.3 is 10.8 Å². The van der Waals surface area contributed by atoms with Crippen LogP contribution in [0.5, 0.6) is 0 Å². The summed E-state index contributed by atoms with van der Waals surface area (Å²) < 4.78 is 0. The Morgan fingerprint density at radius 1 is 1.00 bits per heavy atom. The van der Waals surface area contributed by atoms with Crippen LogP contribution in [0.2, 0.25) is 0 Å². The first kappa shape index (κ1) is 15.3. The third kappa shape index (κ3) is 2.71. The van der Waals surface area contributed by atoms with E-state index < -0.39 is 5.60 Å². The molecule has 2 saturated carbocycles. The molecule has 3 N–H and O–H groups in total. The van der Waals surface area contributed by atoms with Crippen LogP contribution >= 0.6 is 0 Å². The molecule has 2 aliphatic carbocycles. The van der Waals surface area contributed by atoms with E-state index in [2.05, 4.69) is 20.8 Å². The Bertz CT molecular complexity index is 304. The van der Waals surface area contributed by atoms with Crippen molar-refractivity contribution in [2.75, 3.05) is 6.54 Å². The van der Waals surface area contributed by atoms with Crippen LogP contribution in [-0.2, 0) is 0 Å². The van der Waals surface area contributed by atoms with Gasteiger partial charge in [-0.25, -0.2) is 0 Å². The molecule has 2 heteroatoms. The lowest BCUT2D eigenvalue weighted by Crippen LogP contribution is -2.59. The van der Waals surface area contributed by atoms with Gasteiger partial charge in [-0.3, -0.25) is 0 Å². The lowest BCUT2D eigenvalue weighted by molar-refractivity contribution is -0.162. The van der Waals surface area contributed by atoms with E-state index in [-0.39, 0.29) is 5.41 Å². The quantitative estimate of drug-likeness (QED) is 0.746. The molecule has 2 fully saturated rings. The van der Waals surface area contributed by atoms with Gasteiger partial charge >= 0.3 is 0 Å². The molecule has 0 spiro atoms. The summed E-state index contributed by atoms with van der Waals surface area (Å²) >= 11 is 0. The zero-order valence-corrected chi connectivity index (χ0v) is 13.2. The second kappa shape index (κ2) is 5.37. The summed E-state index contributed by atoms with van der Waals surface area (Å²) in [5.41, 5.74) is 6.03. The summed E-state index contributed by atoms with van der Waals surface area (Å²) in [6.07, 6.45) is 10.6. The van der Waals surface area contributed by atoms with Crippen molar-refractivity contribution in [3.63, 3.8) is 0 Å². The molecule has 0 amide bonds. The molecule has 0 aliphatic heterocycles. The molecule has 2 nitrogen and oxygen atoms in total. The van der Waals surface area contributed by atoms with Gasteiger partial charge in [0.05, 0.1) is 5.60 Å². The summed E-state index contributed by atoms with van der Waals surface area (Å²) in [6.45, 7) is 7.59. The molecule has 2 unspecified atom stereocenters. The third-order valence-electron chi connectivity index (χ3n) is 6.23. The Kier molecular flexibility index (Phi) is 4.32. The molecule has 0 bridgehead atoms. The van der Waals surface area contributed by atoms with Crippen LogP contribution < -0.4 is 5.73 Å². The topological polar surface area (TPSA) is 46.2 Å². The minimum Gasteiger partial charge on any atom is -0.389 e. The van der Waals surface area contributed by atoms with Crippen molar-refractivity contribution < 1.29 is 5.11 Å². The van der Waals surface area contributed by atoms with Gasteiger partial charge in [0, 0.05) is 12.0 Å². The van der Waals surface area contributed by atoms with Crippen molar-refractivity contribution in [1.29, 1.82) is 0 Å². The molecule has 0 radical (unpaired) electrons. The fraction of sp³-hybridized carbons (Fsp3) is 1.00. The first-order valence-corrected chi connectivity index (χ1v) is 8.28. The first-order chi connectivity index (χ1) is 8.85. The highest BCUT2D eigenvalue weighted by Gasteiger charge is 2.54.